The topological polar surface area (TPSA) is 47.6 Å². The molecule has 3 aromatic carbocycles. The number of ether oxygens (including phenoxy) is 2. The van der Waals surface area contributed by atoms with Crippen LogP contribution in [0.25, 0.3) is 10.8 Å². The fraction of sp³-hybridized carbons (Fsp3) is 0.136. The minimum atomic E-state index is -0.293. The first-order chi connectivity index (χ1) is 13.2. The van der Waals surface area contributed by atoms with Crippen LogP contribution in [0.15, 0.2) is 60.7 Å². The second-order valence-electron chi connectivity index (χ2n) is 5.65. The summed E-state index contributed by atoms with van der Waals surface area (Å²) in [4.78, 5) is 12.2. The Bertz CT molecular complexity index is 1020. The van der Waals surface area contributed by atoms with E-state index >= 15 is 0 Å². The van der Waals surface area contributed by atoms with E-state index in [9.17, 15) is 4.79 Å². The Balaban J connectivity index is 1.54. The van der Waals surface area contributed by atoms with E-state index in [1.54, 1.807) is 18.2 Å². The maximum atomic E-state index is 12.2. The number of amides is 1. The molecule has 0 aromatic heterocycles. The summed E-state index contributed by atoms with van der Waals surface area (Å²) in [6.07, 6.45) is 0. The lowest BCUT2D eigenvalue weighted by Crippen LogP contribution is -2.24. The molecule has 0 aliphatic carbocycles. The minimum absolute atomic E-state index is 0.202. The number of hydrogen-bond donors (Lipinski definition) is 1. The summed E-state index contributed by atoms with van der Waals surface area (Å²) in [5.41, 5.74) is 0.374. The second-order valence-corrected chi connectivity index (χ2v) is 6.08. The number of methoxy groups -OCH3 is 1. The van der Waals surface area contributed by atoms with Crippen molar-refractivity contribution in [3.8, 4) is 23.3 Å². The van der Waals surface area contributed by atoms with Gasteiger partial charge < -0.3 is 14.8 Å². The lowest BCUT2D eigenvalue weighted by molar-refractivity contribution is 0.0955. The van der Waals surface area contributed by atoms with Crippen LogP contribution in [0.3, 0.4) is 0 Å². The van der Waals surface area contributed by atoms with Crippen LogP contribution in [-0.4, -0.2) is 26.2 Å². The molecule has 4 nitrogen and oxygen atoms in total. The molecule has 3 aromatic rings. The van der Waals surface area contributed by atoms with Crippen LogP contribution in [0, 0.1) is 11.8 Å². The van der Waals surface area contributed by atoms with E-state index in [-0.39, 0.29) is 19.1 Å². The van der Waals surface area contributed by atoms with Gasteiger partial charge in [-0.2, -0.15) is 0 Å². The molecule has 0 fully saturated rings. The smallest absolute Gasteiger partial charge is 0.255 e. The molecule has 0 spiro atoms. The number of rotatable bonds is 5. The zero-order valence-corrected chi connectivity index (χ0v) is 15.5. The first-order valence-corrected chi connectivity index (χ1v) is 8.75. The fourth-order valence-electron chi connectivity index (χ4n) is 2.63. The molecule has 136 valence electrons. The van der Waals surface area contributed by atoms with Gasteiger partial charge in [0.2, 0.25) is 0 Å². The predicted octanol–water partition coefficient (Wildman–Crippen LogP) is 4.31. The zero-order chi connectivity index (χ0) is 19.1. The predicted molar refractivity (Wildman–Crippen MR) is 108 cm³/mol. The van der Waals surface area contributed by atoms with E-state index in [0.717, 1.165) is 16.5 Å². The lowest BCUT2D eigenvalue weighted by atomic mass is 10.1. The summed E-state index contributed by atoms with van der Waals surface area (Å²) in [6, 6.07) is 18.8. The van der Waals surface area contributed by atoms with Gasteiger partial charge in [0.1, 0.15) is 18.1 Å². The SMILES string of the molecule is COc1ccc(Cl)cc1C(=O)NCC#CCOc1cccc2ccccc12. The van der Waals surface area contributed by atoms with Gasteiger partial charge in [0.15, 0.2) is 0 Å². The van der Waals surface area contributed by atoms with Crippen LogP contribution in [0.1, 0.15) is 10.4 Å². The Morgan fingerprint density at radius 3 is 2.70 bits per heavy atom. The highest BCUT2D eigenvalue weighted by Gasteiger charge is 2.11. The number of benzene rings is 3. The number of carbonyl (C=O) groups is 1. The number of nitrogens with one attached hydrogen (secondary N) is 1. The van der Waals surface area contributed by atoms with Crippen molar-refractivity contribution < 1.29 is 14.3 Å². The maximum Gasteiger partial charge on any atom is 0.255 e. The molecule has 0 saturated heterocycles. The summed E-state index contributed by atoms with van der Waals surface area (Å²) in [6.45, 7) is 0.442. The van der Waals surface area contributed by atoms with E-state index in [0.29, 0.717) is 16.3 Å². The van der Waals surface area contributed by atoms with Gasteiger partial charge in [0.25, 0.3) is 5.91 Å². The molecule has 5 heteroatoms. The molecular formula is C22H18ClNO3. The molecular weight excluding hydrogens is 362 g/mol. The highest BCUT2D eigenvalue weighted by Crippen LogP contribution is 2.25. The molecule has 0 radical (unpaired) electrons. The van der Waals surface area contributed by atoms with Crippen molar-refractivity contribution in [3.05, 3.63) is 71.2 Å². The Morgan fingerprint density at radius 1 is 1.04 bits per heavy atom. The van der Waals surface area contributed by atoms with Gasteiger partial charge in [0, 0.05) is 10.4 Å². The normalized spacial score (nSPS) is 10.0. The van der Waals surface area contributed by atoms with Gasteiger partial charge >= 0.3 is 0 Å². The number of carbonyl (C=O) groups excluding carboxylic acids is 1. The van der Waals surface area contributed by atoms with Crippen molar-refractivity contribution in [1.82, 2.24) is 5.32 Å². The van der Waals surface area contributed by atoms with Crippen molar-refractivity contribution in [2.45, 2.75) is 0 Å². The summed E-state index contributed by atoms with van der Waals surface area (Å²) < 4.78 is 10.9. The van der Waals surface area contributed by atoms with Crippen LogP contribution in [0.2, 0.25) is 5.02 Å². The van der Waals surface area contributed by atoms with E-state index < -0.39 is 0 Å². The van der Waals surface area contributed by atoms with Crippen molar-refractivity contribution in [2.75, 3.05) is 20.3 Å². The average Bonchev–Trinajstić information content (AvgIpc) is 2.70. The molecule has 0 bridgehead atoms. The van der Waals surface area contributed by atoms with Crippen LogP contribution in [0.4, 0.5) is 0 Å². The molecule has 0 aliphatic rings. The highest BCUT2D eigenvalue weighted by molar-refractivity contribution is 6.31. The van der Waals surface area contributed by atoms with Crippen LogP contribution >= 0.6 is 11.6 Å². The highest BCUT2D eigenvalue weighted by atomic mass is 35.5. The monoisotopic (exact) mass is 379 g/mol. The first kappa shape index (κ1) is 18.6. The van der Waals surface area contributed by atoms with Gasteiger partial charge in [-0.1, -0.05) is 59.8 Å². The second kappa shape index (κ2) is 8.98. The molecule has 0 aliphatic heterocycles. The Morgan fingerprint density at radius 2 is 1.85 bits per heavy atom. The largest absolute Gasteiger partial charge is 0.496 e. The quantitative estimate of drug-likeness (QED) is 0.672. The molecule has 0 unspecified atom stereocenters. The summed E-state index contributed by atoms with van der Waals surface area (Å²) in [5.74, 6) is 6.73. The summed E-state index contributed by atoms with van der Waals surface area (Å²) in [5, 5.41) is 5.35. The van der Waals surface area contributed by atoms with Gasteiger partial charge in [0.05, 0.1) is 19.2 Å². The molecule has 0 saturated carbocycles. The Labute approximate surface area is 163 Å². The molecule has 3 rings (SSSR count). The molecule has 0 atom stereocenters. The third-order valence-electron chi connectivity index (χ3n) is 3.92. The van der Waals surface area contributed by atoms with Crippen LogP contribution < -0.4 is 14.8 Å². The van der Waals surface area contributed by atoms with Crippen LogP contribution in [0.5, 0.6) is 11.5 Å². The van der Waals surface area contributed by atoms with Crippen molar-refractivity contribution in [1.29, 1.82) is 0 Å². The number of fused-ring (bicyclic) bond motifs is 1. The maximum absolute atomic E-state index is 12.2. The van der Waals surface area contributed by atoms with Gasteiger partial charge in [-0.15, -0.1) is 0 Å². The van der Waals surface area contributed by atoms with Crippen molar-refractivity contribution in [2.24, 2.45) is 0 Å². The van der Waals surface area contributed by atoms with Crippen molar-refractivity contribution >= 4 is 28.3 Å². The summed E-state index contributed by atoms with van der Waals surface area (Å²) >= 11 is 5.94. The van der Waals surface area contributed by atoms with Crippen LogP contribution in [-0.2, 0) is 0 Å². The molecule has 0 heterocycles. The van der Waals surface area contributed by atoms with Gasteiger partial charge in [-0.05, 0) is 29.7 Å². The van der Waals surface area contributed by atoms with Gasteiger partial charge in [-0.25, -0.2) is 0 Å². The van der Waals surface area contributed by atoms with E-state index in [4.69, 9.17) is 21.1 Å². The summed E-state index contributed by atoms with van der Waals surface area (Å²) in [7, 11) is 1.50. The Hall–Kier alpha value is -3.16. The number of hydrogen-bond acceptors (Lipinski definition) is 3. The van der Waals surface area contributed by atoms with Crippen molar-refractivity contribution in [3.63, 3.8) is 0 Å². The third kappa shape index (κ3) is 4.72. The van der Waals surface area contributed by atoms with E-state index in [1.807, 2.05) is 42.5 Å². The molecule has 27 heavy (non-hydrogen) atoms. The standard InChI is InChI=1S/C22H18ClNO3/c1-26-20-12-11-17(23)15-19(20)22(25)24-13-4-5-14-27-21-10-6-8-16-7-2-3-9-18(16)21/h2-3,6-12,15H,13-14H2,1H3,(H,24,25). The fourth-order valence-corrected chi connectivity index (χ4v) is 2.80. The van der Waals surface area contributed by atoms with E-state index in [2.05, 4.69) is 17.2 Å². The average molecular weight is 380 g/mol. The first-order valence-electron chi connectivity index (χ1n) is 8.37. The number of halogens is 1. The minimum Gasteiger partial charge on any atom is -0.496 e. The van der Waals surface area contributed by atoms with E-state index in [1.165, 1.54) is 7.11 Å². The zero-order valence-electron chi connectivity index (χ0n) is 14.8. The lowest BCUT2D eigenvalue weighted by Gasteiger charge is -2.08. The molecule has 1 amide bonds. The third-order valence-corrected chi connectivity index (χ3v) is 4.15. The Kier molecular flexibility index (Phi) is 6.19. The van der Waals surface area contributed by atoms with Gasteiger partial charge in [-0.3, -0.25) is 4.79 Å². The molecule has 1 N–H and O–H groups in total.